The van der Waals surface area contributed by atoms with Gasteiger partial charge in [-0.3, -0.25) is 4.98 Å². The maximum atomic E-state index is 6.18. The van der Waals surface area contributed by atoms with E-state index in [1.807, 2.05) is 12.3 Å². The molecule has 0 atom stereocenters. The van der Waals surface area contributed by atoms with Crippen molar-refractivity contribution < 1.29 is 4.42 Å². The maximum Gasteiger partial charge on any atom is 0.153 e. The van der Waals surface area contributed by atoms with Crippen molar-refractivity contribution in [2.45, 2.75) is 20.8 Å². The third-order valence-corrected chi connectivity index (χ3v) is 5.59. The lowest BCUT2D eigenvalue weighted by Crippen LogP contribution is -1.88. The van der Waals surface area contributed by atoms with Gasteiger partial charge < -0.3 is 4.42 Å². The van der Waals surface area contributed by atoms with Crippen molar-refractivity contribution in [1.29, 1.82) is 0 Å². The van der Waals surface area contributed by atoms with Crippen molar-refractivity contribution in [1.82, 2.24) is 4.98 Å². The molecule has 2 heterocycles. The fourth-order valence-corrected chi connectivity index (χ4v) is 4.28. The van der Waals surface area contributed by atoms with Crippen LogP contribution in [-0.2, 0) is 0 Å². The summed E-state index contributed by atoms with van der Waals surface area (Å²) in [5, 5.41) is 1.07. The minimum atomic E-state index is 0.812. The molecule has 2 heteroatoms. The highest BCUT2D eigenvalue weighted by Gasteiger charge is 2.13. The lowest BCUT2D eigenvalue weighted by molar-refractivity contribution is 0.629. The molecule has 3 aromatic carbocycles. The van der Waals surface area contributed by atoms with Gasteiger partial charge in [-0.1, -0.05) is 66.2 Å². The van der Waals surface area contributed by atoms with Gasteiger partial charge in [0, 0.05) is 16.5 Å². The number of pyridine rings is 1. The minimum Gasteiger partial charge on any atom is -0.454 e. The van der Waals surface area contributed by atoms with Gasteiger partial charge in [-0.25, -0.2) is 0 Å². The average Bonchev–Trinajstić information content (AvgIpc) is 3.16. The molecular weight excluding hydrogens is 366 g/mol. The van der Waals surface area contributed by atoms with Gasteiger partial charge in [0.1, 0.15) is 5.76 Å². The van der Waals surface area contributed by atoms with E-state index in [9.17, 15) is 0 Å². The van der Waals surface area contributed by atoms with E-state index in [0.717, 1.165) is 28.0 Å². The van der Waals surface area contributed by atoms with Crippen molar-refractivity contribution in [3.05, 3.63) is 102 Å². The first-order valence-electron chi connectivity index (χ1n) is 10.2. The Morgan fingerprint density at radius 2 is 1.37 bits per heavy atom. The number of aromatic nitrogens is 1. The van der Waals surface area contributed by atoms with Crippen LogP contribution in [0, 0.1) is 20.8 Å². The summed E-state index contributed by atoms with van der Waals surface area (Å²) >= 11 is 0. The zero-order valence-corrected chi connectivity index (χ0v) is 17.4. The van der Waals surface area contributed by atoms with Gasteiger partial charge in [-0.05, 0) is 61.2 Å². The third kappa shape index (κ3) is 3.31. The molecule has 0 fully saturated rings. The van der Waals surface area contributed by atoms with Crippen LogP contribution in [0.2, 0.25) is 0 Å². The summed E-state index contributed by atoms with van der Waals surface area (Å²) in [6.07, 6.45) is 1.84. The number of hydrogen-bond donors (Lipinski definition) is 0. The second-order valence-corrected chi connectivity index (χ2v) is 7.94. The first kappa shape index (κ1) is 18.4. The van der Waals surface area contributed by atoms with Crippen molar-refractivity contribution in [3.63, 3.8) is 0 Å². The number of furan rings is 1. The number of hydrogen-bond acceptors (Lipinski definition) is 2. The molecule has 146 valence electrons. The Morgan fingerprint density at radius 3 is 2.13 bits per heavy atom. The summed E-state index contributed by atoms with van der Waals surface area (Å²) in [7, 11) is 0. The normalized spacial score (nSPS) is 11.2. The fraction of sp³-hybridized carbons (Fsp3) is 0.107. The smallest absolute Gasteiger partial charge is 0.153 e. The molecule has 2 aromatic heterocycles. The second kappa shape index (κ2) is 7.31. The fourth-order valence-electron chi connectivity index (χ4n) is 4.28. The zero-order chi connectivity index (χ0) is 20.7. The van der Waals surface area contributed by atoms with Crippen LogP contribution in [0.15, 0.2) is 89.5 Å². The monoisotopic (exact) mass is 389 g/mol. The minimum absolute atomic E-state index is 0.812. The van der Waals surface area contributed by atoms with Crippen molar-refractivity contribution in [3.8, 4) is 33.7 Å². The Hall–Kier alpha value is -3.65. The molecule has 5 aromatic rings. The predicted octanol–water partition coefficient (Wildman–Crippen LogP) is 7.75. The van der Waals surface area contributed by atoms with E-state index < -0.39 is 0 Å². The molecule has 5 rings (SSSR count). The van der Waals surface area contributed by atoms with E-state index in [-0.39, 0.29) is 0 Å². The zero-order valence-electron chi connectivity index (χ0n) is 17.4. The SMILES string of the molecule is Cc1cc(C)c(-c2cc3cc(-c4cccc(-c5ccccc5)c4)ncc3o2)c(C)c1. The van der Waals surface area contributed by atoms with Gasteiger partial charge >= 0.3 is 0 Å². The Kier molecular flexibility index (Phi) is 4.48. The Labute approximate surface area is 176 Å². The average molecular weight is 389 g/mol. The van der Waals surface area contributed by atoms with Gasteiger partial charge in [-0.2, -0.15) is 0 Å². The first-order chi connectivity index (χ1) is 14.6. The van der Waals surface area contributed by atoms with Crippen LogP contribution in [0.25, 0.3) is 44.7 Å². The van der Waals surface area contributed by atoms with Gasteiger partial charge in [0.15, 0.2) is 5.58 Å². The molecule has 2 nitrogen and oxygen atoms in total. The molecule has 30 heavy (non-hydrogen) atoms. The summed E-state index contributed by atoms with van der Waals surface area (Å²) in [5.74, 6) is 0.900. The molecule has 0 aliphatic carbocycles. The number of rotatable bonds is 3. The molecule has 0 saturated carbocycles. The number of aryl methyl sites for hydroxylation is 3. The summed E-state index contributed by atoms with van der Waals surface area (Å²) in [4.78, 5) is 4.68. The highest BCUT2D eigenvalue weighted by atomic mass is 16.3. The van der Waals surface area contributed by atoms with E-state index in [1.165, 1.54) is 33.4 Å². The topological polar surface area (TPSA) is 26.0 Å². The van der Waals surface area contributed by atoms with Crippen molar-refractivity contribution in [2.75, 3.05) is 0 Å². The highest BCUT2D eigenvalue weighted by molar-refractivity contribution is 5.87. The van der Waals surface area contributed by atoms with E-state index in [4.69, 9.17) is 4.42 Å². The largest absolute Gasteiger partial charge is 0.454 e. The van der Waals surface area contributed by atoms with Crippen molar-refractivity contribution >= 4 is 11.0 Å². The second-order valence-electron chi connectivity index (χ2n) is 7.94. The van der Waals surface area contributed by atoms with Crippen molar-refractivity contribution in [2.24, 2.45) is 0 Å². The molecule has 0 aliphatic rings. The van der Waals surface area contributed by atoms with Gasteiger partial charge in [0.25, 0.3) is 0 Å². The molecular formula is C28H23NO. The molecule has 0 amide bonds. The Morgan fingerprint density at radius 1 is 0.667 bits per heavy atom. The quantitative estimate of drug-likeness (QED) is 0.315. The summed E-state index contributed by atoms with van der Waals surface area (Å²) in [6, 6.07) is 27.6. The van der Waals surface area contributed by atoms with E-state index in [1.54, 1.807) is 0 Å². The maximum absolute atomic E-state index is 6.18. The molecule has 0 N–H and O–H groups in total. The van der Waals surface area contributed by atoms with Crippen LogP contribution >= 0.6 is 0 Å². The van der Waals surface area contributed by atoms with Crippen LogP contribution in [-0.4, -0.2) is 4.98 Å². The van der Waals surface area contributed by atoms with Crippen LogP contribution in [0.3, 0.4) is 0 Å². The Bertz CT molecular complexity index is 1340. The number of fused-ring (bicyclic) bond motifs is 1. The molecule has 0 saturated heterocycles. The van der Waals surface area contributed by atoms with Crippen LogP contribution in [0.4, 0.5) is 0 Å². The number of nitrogens with zero attached hydrogens (tertiary/aromatic N) is 1. The van der Waals surface area contributed by atoms with E-state index in [2.05, 4.69) is 98.6 Å². The highest BCUT2D eigenvalue weighted by Crippen LogP contribution is 2.34. The molecule has 0 unspecified atom stereocenters. The lowest BCUT2D eigenvalue weighted by atomic mass is 9.98. The van der Waals surface area contributed by atoms with Gasteiger partial charge in [-0.15, -0.1) is 0 Å². The molecule has 0 radical (unpaired) electrons. The third-order valence-electron chi connectivity index (χ3n) is 5.59. The van der Waals surface area contributed by atoms with Crippen LogP contribution in [0.5, 0.6) is 0 Å². The Balaban J connectivity index is 1.57. The first-order valence-corrected chi connectivity index (χ1v) is 10.2. The summed E-state index contributed by atoms with van der Waals surface area (Å²) < 4.78 is 6.18. The molecule has 0 spiro atoms. The summed E-state index contributed by atoms with van der Waals surface area (Å²) in [6.45, 7) is 6.41. The van der Waals surface area contributed by atoms with Crippen LogP contribution in [0.1, 0.15) is 16.7 Å². The number of benzene rings is 3. The van der Waals surface area contributed by atoms with Crippen LogP contribution < -0.4 is 0 Å². The molecule has 0 bridgehead atoms. The van der Waals surface area contributed by atoms with E-state index in [0.29, 0.717) is 0 Å². The lowest BCUT2D eigenvalue weighted by Gasteiger charge is -2.08. The van der Waals surface area contributed by atoms with E-state index >= 15 is 0 Å². The summed E-state index contributed by atoms with van der Waals surface area (Å²) in [5.41, 5.74) is 10.2. The predicted molar refractivity (Wildman–Crippen MR) is 125 cm³/mol. The standard InChI is InChI=1S/C28H23NO/c1-18-12-19(2)28(20(3)13-18)26-16-24-15-25(29-17-27(24)30-26)23-11-7-10-22(14-23)21-8-5-4-6-9-21/h4-17H,1-3H3. The molecule has 0 aliphatic heterocycles. The van der Waals surface area contributed by atoms with Gasteiger partial charge in [0.2, 0.25) is 0 Å². The van der Waals surface area contributed by atoms with Gasteiger partial charge in [0.05, 0.1) is 11.9 Å².